The molecule has 20 heavy (non-hydrogen) atoms. The van der Waals surface area contributed by atoms with Gasteiger partial charge in [0.25, 0.3) is 0 Å². The zero-order valence-electron chi connectivity index (χ0n) is 11.8. The summed E-state index contributed by atoms with van der Waals surface area (Å²) in [4.78, 5) is 11.0. The highest BCUT2D eigenvalue weighted by molar-refractivity contribution is 5.73. The van der Waals surface area contributed by atoms with E-state index in [1.54, 1.807) is 13.8 Å². The second-order valence-electron chi connectivity index (χ2n) is 5.51. The number of benzene rings is 1. The Morgan fingerprint density at radius 2 is 2.05 bits per heavy atom. The molecule has 1 aromatic rings. The van der Waals surface area contributed by atoms with Gasteiger partial charge in [0, 0.05) is 6.07 Å². The molecule has 0 amide bonds. The largest absolute Gasteiger partial charge is 0.493 e. The van der Waals surface area contributed by atoms with Gasteiger partial charge in [-0.15, -0.1) is 0 Å². The minimum atomic E-state index is -0.755. The van der Waals surface area contributed by atoms with Gasteiger partial charge in [-0.3, -0.25) is 4.79 Å². The van der Waals surface area contributed by atoms with Crippen LogP contribution in [0.1, 0.15) is 33.1 Å². The molecule has 0 saturated carbocycles. The Hall–Kier alpha value is -1.91. The van der Waals surface area contributed by atoms with Gasteiger partial charge in [-0.2, -0.15) is 0 Å². The van der Waals surface area contributed by atoms with Crippen LogP contribution in [0, 0.1) is 5.41 Å². The summed E-state index contributed by atoms with van der Waals surface area (Å²) < 4.78 is 16.1. The summed E-state index contributed by atoms with van der Waals surface area (Å²) in [6, 6.07) is 5.48. The molecule has 110 valence electrons. The Labute approximate surface area is 118 Å². The number of rotatable bonds is 7. The van der Waals surface area contributed by atoms with E-state index in [0.717, 1.165) is 24.3 Å². The first kappa shape index (κ1) is 14.5. The van der Waals surface area contributed by atoms with E-state index < -0.39 is 11.4 Å². The van der Waals surface area contributed by atoms with Gasteiger partial charge in [0.05, 0.1) is 12.0 Å². The number of unbranched alkanes of at least 4 members (excludes halogenated alkanes) is 1. The van der Waals surface area contributed by atoms with Gasteiger partial charge in [0.15, 0.2) is 11.5 Å². The van der Waals surface area contributed by atoms with Crippen molar-refractivity contribution in [2.75, 3.05) is 13.4 Å². The lowest BCUT2D eigenvalue weighted by atomic mass is 9.87. The fourth-order valence-electron chi connectivity index (χ4n) is 1.93. The first-order chi connectivity index (χ1) is 9.49. The molecule has 0 atom stereocenters. The monoisotopic (exact) mass is 280 g/mol. The Balaban J connectivity index is 1.70. The molecule has 0 saturated heterocycles. The normalized spacial score (nSPS) is 13.3. The zero-order chi connectivity index (χ0) is 14.6. The molecular weight excluding hydrogens is 260 g/mol. The van der Waals surface area contributed by atoms with E-state index in [1.165, 1.54) is 0 Å². The third-order valence-electron chi connectivity index (χ3n) is 3.39. The van der Waals surface area contributed by atoms with Gasteiger partial charge in [0.2, 0.25) is 6.79 Å². The van der Waals surface area contributed by atoms with Gasteiger partial charge in [-0.05, 0) is 45.2 Å². The summed E-state index contributed by atoms with van der Waals surface area (Å²) in [5, 5.41) is 9.01. The lowest BCUT2D eigenvalue weighted by Crippen LogP contribution is -2.23. The Kier molecular flexibility index (Phi) is 4.37. The number of fused-ring (bicyclic) bond motifs is 1. The van der Waals surface area contributed by atoms with E-state index in [4.69, 9.17) is 19.3 Å². The fraction of sp³-hybridized carbons (Fsp3) is 0.533. The van der Waals surface area contributed by atoms with E-state index in [1.807, 2.05) is 18.2 Å². The van der Waals surface area contributed by atoms with Gasteiger partial charge in [-0.25, -0.2) is 0 Å². The molecule has 1 aliphatic heterocycles. The molecule has 1 aliphatic rings. The summed E-state index contributed by atoms with van der Waals surface area (Å²) >= 11 is 0. The van der Waals surface area contributed by atoms with Crippen LogP contribution in [0.2, 0.25) is 0 Å². The maximum atomic E-state index is 11.0. The molecule has 0 spiro atoms. The molecule has 0 radical (unpaired) electrons. The predicted molar refractivity (Wildman–Crippen MR) is 73.3 cm³/mol. The molecular formula is C15H20O5. The Morgan fingerprint density at radius 3 is 2.80 bits per heavy atom. The Bertz CT molecular complexity index is 481. The number of ether oxygens (including phenoxy) is 3. The van der Waals surface area contributed by atoms with E-state index in [2.05, 4.69) is 0 Å². The van der Waals surface area contributed by atoms with Crippen molar-refractivity contribution in [1.82, 2.24) is 0 Å². The van der Waals surface area contributed by atoms with E-state index in [0.29, 0.717) is 18.8 Å². The third-order valence-corrected chi connectivity index (χ3v) is 3.39. The zero-order valence-corrected chi connectivity index (χ0v) is 11.8. The van der Waals surface area contributed by atoms with Crippen molar-refractivity contribution >= 4 is 5.97 Å². The van der Waals surface area contributed by atoms with Crippen LogP contribution in [0.25, 0.3) is 0 Å². The average Bonchev–Trinajstić information content (AvgIpc) is 2.85. The SMILES string of the molecule is CC(C)(CCCCOc1ccc2c(c1)OCO2)C(=O)O. The highest BCUT2D eigenvalue weighted by atomic mass is 16.7. The van der Waals surface area contributed by atoms with Crippen molar-refractivity contribution < 1.29 is 24.1 Å². The molecule has 5 heteroatoms. The lowest BCUT2D eigenvalue weighted by molar-refractivity contribution is -0.147. The Morgan fingerprint density at radius 1 is 1.30 bits per heavy atom. The number of aliphatic carboxylic acids is 1. The molecule has 1 aromatic carbocycles. The van der Waals surface area contributed by atoms with Crippen LogP contribution < -0.4 is 14.2 Å². The molecule has 0 unspecified atom stereocenters. The van der Waals surface area contributed by atoms with Crippen LogP contribution in [-0.2, 0) is 4.79 Å². The van der Waals surface area contributed by atoms with Crippen LogP contribution in [0.4, 0.5) is 0 Å². The van der Waals surface area contributed by atoms with Gasteiger partial charge < -0.3 is 19.3 Å². The quantitative estimate of drug-likeness (QED) is 0.777. The standard InChI is InChI=1S/C15H20O5/c1-15(2,14(16)17)7-3-4-8-18-11-5-6-12-13(9-11)20-10-19-12/h5-6,9H,3-4,7-8,10H2,1-2H3,(H,16,17). The van der Waals surface area contributed by atoms with Crippen LogP contribution >= 0.6 is 0 Å². The molecule has 0 aliphatic carbocycles. The molecule has 0 aromatic heterocycles. The summed E-state index contributed by atoms with van der Waals surface area (Å²) in [5.41, 5.74) is -0.668. The smallest absolute Gasteiger partial charge is 0.309 e. The van der Waals surface area contributed by atoms with Crippen LogP contribution in [-0.4, -0.2) is 24.5 Å². The summed E-state index contributed by atoms with van der Waals surface area (Å²) in [6.07, 6.45) is 2.29. The highest BCUT2D eigenvalue weighted by Gasteiger charge is 2.26. The molecule has 1 N–H and O–H groups in total. The second-order valence-corrected chi connectivity index (χ2v) is 5.51. The maximum absolute atomic E-state index is 11.0. The number of carboxylic acid groups (broad SMARTS) is 1. The maximum Gasteiger partial charge on any atom is 0.309 e. The lowest BCUT2D eigenvalue weighted by Gasteiger charge is -2.18. The van der Waals surface area contributed by atoms with Crippen molar-refractivity contribution in [2.24, 2.45) is 5.41 Å². The number of carboxylic acids is 1. The van der Waals surface area contributed by atoms with E-state index in [-0.39, 0.29) is 6.79 Å². The van der Waals surface area contributed by atoms with Crippen LogP contribution in [0.3, 0.4) is 0 Å². The number of hydrogen-bond donors (Lipinski definition) is 1. The minimum Gasteiger partial charge on any atom is -0.493 e. The fourth-order valence-corrected chi connectivity index (χ4v) is 1.93. The molecule has 5 nitrogen and oxygen atoms in total. The molecule has 2 rings (SSSR count). The minimum absolute atomic E-state index is 0.253. The summed E-state index contributed by atoms with van der Waals surface area (Å²) in [7, 11) is 0. The van der Waals surface area contributed by atoms with Gasteiger partial charge in [-0.1, -0.05) is 0 Å². The summed E-state index contributed by atoms with van der Waals surface area (Å²) in [6.45, 7) is 4.31. The molecule has 1 heterocycles. The van der Waals surface area contributed by atoms with Crippen molar-refractivity contribution in [2.45, 2.75) is 33.1 Å². The summed E-state index contributed by atoms with van der Waals surface area (Å²) in [5.74, 6) is 1.43. The number of hydrogen-bond acceptors (Lipinski definition) is 4. The first-order valence-corrected chi connectivity index (χ1v) is 6.75. The number of carbonyl (C=O) groups is 1. The third kappa shape index (κ3) is 3.56. The van der Waals surface area contributed by atoms with Crippen molar-refractivity contribution in [3.05, 3.63) is 18.2 Å². The van der Waals surface area contributed by atoms with Crippen molar-refractivity contribution in [1.29, 1.82) is 0 Å². The van der Waals surface area contributed by atoms with E-state index in [9.17, 15) is 4.79 Å². The first-order valence-electron chi connectivity index (χ1n) is 6.75. The van der Waals surface area contributed by atoms with Crippen molar-refractivity contribution in [3.8, 4) is 17.2 Å². The molecule has 0 bridgehead atoms. The van der Waals surface area contributed by atoms with Crippen molar-refractivity contribution in [3.63, 3.8) is 0 Å². The highest BCUT2D eigenvalue weighted by Crippen LogP contribution is 2.35. The van der Waals surface area contributed by atoms with Gasteiger partial charge in [0.1, 0.15) is 5.75 Å². The predicted octanol–water partition coefficient (Wildman–Crippen LogP) is 3.08. The second kappa shape index (κ2) is 6.03. The topological polar surface area (TPSA) is 65.0 Å². The molecule has 0 fully saturated rings. The van der Waals surface area contributed by atoms with Crippen LogP contribution in [0.5, 0.6) is 17.2 Å². The van der Waals surface area contributed by atoms with Crippen LogP contribution in [0.15, 0.2) is 18.2 Å². The van der Waals surface area contributed by atoms with Gasteiger partial charge >= 0.3 is 5.97 Å². The average molecular weight is 280 g/mol. The van der Waals surface area contributed by atoms with E-state index >= 15 is 0 Å².